The molecule has 2 amide bonds. The minimum atomic E-state index is -0.240. The van der Waals surface area contributed by atoms with Gasteiger partial charge in [0.25, 0.3) is 11.8 Å². The summed E-state index contributed by atoms with van der Waals surface area (Å²) in [4.78, 5) is 26.6. The second kappa shape index (κ2) is 8.43. The Morgan fingerprint density at radius 1 is 0.812 bits per heavy atom. The van der Waals surface area contributed by atoms with Gasteiger partial charge in [-0.15, -0.1) is 10.2 Å². The lowest BCUT2D eigenvalue weighted by atomic mass is 10.1. The highest BCUT2D eigenvalue weighted by Gasteiger charge is 2.34. The number of hydrogen-bond acceptors (Lipinski definition) is 5. The van der Waals surface area contributed by atoms with Gasteiger partial charge in [0.15, 0.2) is 11.0 Å². The Balaban J connectivity index is 1.40. The highest BCUT2D eigenvalue weighted by atomic mass is 32.2. The molecule has 0 saturated carbocycles. The van der Waals surface area contributed by atoms with Crippen LogP contribution in [0.15, 0.2) is 84.0 Å². The van der Waals surface area contributed by atoms with Crippen molar-refractivity contribution in [1.29, 1.82) is 0 Å². The summed E-state index contributed by atoms with van der Waals surface area (Å²) in [6.45, 7) is 2.35. The molecule has 0 bridgehead atoms. The van der Waals surface area contributed by atoms with Crippen LogP contribution >= 0.6 is 11.8 Å². The van der Waals surface area contributed by atoms with E-state index >= 15 is 0 Å². The number of carbonyl (C=O) groups is 2. The summed E-state index contributed by atoms with van der Waals surface area (Å²) in [7, 11) is 0. The molecule has 0 radical (unpaired) electrons. The van der Waals surface area contributed by atoms with Gasteiger partial charge in [0.05, 0.1) is 11.1 Å². The molecule has 1 aromatic heterocycles. The van der Waals surface area contributed by atoms with Crippen molar-refractivity contribution in [3.8, 4) is 17.1 Å². The van der Waals surface area contributed by atoms with Crippen LogP contribution < -0.4 is 0 Å². The Bertz CT molecular complexity index is 1280. The van der Waals surface area contributed by atoms with Crippen LogP contribution in [0.3, 0.4) is 0 Å². The maximum Gasteiger partial charge on any atom is 0.261 e. The second-order valence-corrected chi connectivity index (χ2v) is 8.56. The molecule has 0 unspecified atom stereocenters. The SMILES string of the molecule is Cc1cccc(-c2nnc(SCCN3C(=O)c4ccccc4C3=O)n2-c2ccccc2)c1. The van der Waals surface area contributed by atoms with E-state index in [2.05, 4.69) is 16.3 Å². The number of benzene rings is 3. The molecule has 3 aromatic carbocycles. The van der Waals surface area contributed by atoms with Crippen molar-refractivity contribution in [3.63, 3.8) is 0 Å². The van der Waals surface area contributed by atoms with Gasteiger partial charge in [-0.05, 0) is 37.3 Å². The number of aromatic nitrogens is 3. The number of imide groups is 1. The Labute approximate surface area is 189 Å². The summed E-state index contributed by atoms with van der Waals surface area (Å²) < 4.78 is 2.02. The Morgan fingerprint density at radius 3 is 2.19 bits per heavy atom. The fraction of sp³-hybridized carbons (Fsp3) is 0.120. The Hall–Kier alpha value is -3.71. The van der Waals surface area contributed by atoms with E-state index in [0.29, 0.717) is 28.6 Å². The summed E-state index contributed by atoms with van der Waals surface area (Å²) in [5, 5.41) is 9.60. The maximum absolute atomic E-state index is 12.6. The predicted molar refractivity (Wildman–Crippen MR) is 124 cm³/mol. The van der Waals surface area contributed by atoms with E-state index in [9.17, 15) is 9.59 Å². The fourth-order valence-electron chi connectivity index (χ4n) is 3.81. The van der Waals surface area contributed by atoms with Crippen LogP contribution in [-0.2, 0) is 0 Å². The molecule has 0 aliphatic carbocycles. The van der Waals surface area contributed by atoms with Gasteiger partial charge in [-0.25, -0.2) is 0 Å². The van der Waals surface area contributed by atoms with E-state index < -0.39 is 0 Å². The molecule has 1 aliphatic heterocycles. The first-order chi connectivity index (χ1) is 15.6. The van der Waals surface area contributed by atoms with Crippen molar-refractivity contribution in [3.05, 3.63) is 95.6 Å². The molecule has 0 N–H and O–H groups in total. The Morgan fingerprint density at radius 2 is 1.50 bits per heavy atom. The van der Waals surface area contributed by atoms with Crippen LogP contribution in [0.5, 0.6) is 0 Å². The monoisotopic (exact) mass is 440 g/mol. The van der Waals surface area contributed by atoms with Gasteiger partial charge in [0.1, 0.15) is 0 Å². The van der Waals surface area contributed by atoms with Gasteiger partial charge in [-0.2, -0.15) is 0 Å². The summed E-state index contributed by atoms with van der Waals surface area (Å²) >= 11 is 1.47. The van der Waals surface area contributed by atoms with Crippen LogP contribution in [0.4, 0.5) is 0 Å². The molecule has 7 heteroatoms. The lowest BCUT2D eigenvalue weighted by Gasteiger charge is -2.14. The van der Waals surface area contributed by atoms with Gasteiger partial charge < -0.3 is 0 Å². The molecule has 0 atom stereocenters. The molecule has 2 heterocycles. The summed E-state index contributed by atoms with van der Waals surface area (Å²) in [5.41, 5.74) is 4.02. The van der Waals surface area contributed by atoms with Crippen molar-refractivity contribution >= 4 is 23.6 Å². The number of hydrogen-bond donors (Lipinski definition) is 0. The third-order valence-electron chi connectivity index (χ3n) is 5.35. The van der Waals surface area contributed by atoms with Gasteiger partial charge in [0.2, 0.25) is 0 Å². The van der Waals surface area contributed by atoms with Crippen molar-refractivity contribution in [1.82, 2.24) is 19.7 Å². The standard InChI is InChI=1S/C25H20N4O2S/c1-17-8-7-9-18(16-17)22-26-27-25(29(22)19-10-3-2-4-11-19)32-15-14-28-23(30)20-12-5-6-13-21(20)24(28)31/h2-13,16H,14-15H2,1H3. The number of para-hydroxylation sites is 1. The van der Waals surface area contributed by atoms with E-state index in [4.69, 9.17) is 0 Å². The zero-order valence-corrected chi connectivity index (χ0v) is 18.2. The first-order valence-electron chi connectivity index (χ1n) is 10.3. The zero-order valence-electron chi connectivity index (χ0n) is 17.4. The molecule has 0 spiro atoms. The maximum atomic E-state index is 12.6. The first kappa shape index (κ1) is 20.2. The van der Waals surface area contributed by atoms with Crippen molar-refractivity contribution in [2.75, 3.05) is 12.3 Å². The quantitative estimate of drug-likeness (QED) is 0.323. The lowest BCUT2D eigenvalue weighted by Crippen LogP contribution is -2.31. The van der Waals surface area contributed by atoms with Crippen LogP contribution in [-0.4, -0.2) is 43.8 Å². The molecule has 6 nitrogen and oxygen atoms in total. The van der Waals surface area contributed by atoms with Gasteiger partial charge in [-0.3, -0.25) is 19.1 Å². The van der Waals surface area contributed by atoms with E-state index in [-0.39, 0.29) is 11.8 Å². The summed E-state index contributed by atoms with van der Waals surface area (Å²) in [6.07, 6.45) is 0. The number of carbonyl (C=O) groups excluding carboxylic acids is 2. The summed E-state index contributed by atoms with van der Waals surface area (Å²) in [5.74, 6) is 0.792. The molecule has 1 aliphatic rings. The van der Waals surface area contributed by atoms with E-state index in [1.807, 2.05) is 60.0 Å². The number of nitrogens with zero attached hydrogens (tertiary/aromatic N) is 4. The van der Waals surface area contributed by atoms with Crippen LogP contribution in [0.2, 0.25) is 0 Å². The molecule has 5 rings (SSSR count). The van der Waals surface area contributed by atoms with E-state index in [1.54, 1.807) is 24.3 Å². The highest BCUT2D eigenvalue weighted by molar-refractivity contribution is 7.99. The fourth-order valence-corrected chi connectivity index (χ4v) is 4.69. The average Bonchev–Trinajstić information content (AvgIpc) is 3.35. The van der Waals surface area contributed by atoms with Crippen LogP contribution in [0.1, 0.15) is 26.3 Å². The smallest absolute Gasteiger partial charge is 0.261 e. The molecule has 0 fully saturated rings. The minimum absolute atomic E-state index is 0.240. The molecule has 4 aromatic rings. The number of fused-ring (bicyclic) bond motifs is 1. The van der Waals surface area contributed by atoms with Gasteiger partial charge in [0, 0.05) is 23.5 Å². The summed E-state index contributed by atoms with van der Waals surface area (Å²) in [6, 6.07) is 25.0. The zero-order chi connectivity index (χ0) is 22.1. The van der Waals surface area contributed by atoms with Crippen molar-refractivity contribution in [2.45, 2.75) is 12.1 Å². The normalized spacial score (nSPS) is 13.0. The Kier molecular flexibility index (Phi) is 5.33. The lowest BCUT2D eigenvalue weighted by molar-refractivity contribution is 0.0664. The van der Waals surface area contributed by atoms with Crippen LogP contribution in [0, 0.1) is 6.92 Å². The molecular formula is C25H20N4O2S. The largest absolute Gasteiger partial charge is 0.273 e. The van der Waals surface area contributed by atoms with Gasteiger partial charge >= 0.3 is 0 Å². The predicted octanol–water partition coefficient (Wildman–Crippen LogP) is 4.63. The third kappa shape index (κ3) is 3.61. The van der Waals surface area contributed by atoms with Crippen molar-refractivity contribution in [2.24, 2.45) is 0 Å². The molecule has 32 heavy (non-hydrogen) atoms. The average molecular weight is 441 g/mol. The molecular weight excluding hydrogens is 420 g/mol. The van der Waals surface area contributed by atoms with Gasteiger partial charge in [-0.1, -0.05) is 65.9 Å². The van der Waals surface area contributed by atoms with Crippen LogP contribution in [0.25, 0.3) is 17.1 Å². The molecule has 0 saturated heterocycles. The number of rotatable bonds is 6. The minimum Gasteiger partial charge on any atom is -0.273 e. The topological polar surface area (TPSA) is 68.1 Å². The second-order valence-electron chi connectivity index (χ2n) is 7.50. The van der Waals surface area contributed by atoms with E-state index in [1.165, 1.54) is 16.7 Å². The number of aryl methyl sites for hydroxylation is 1. The van der Waals surface area contributed by atoms with Crippen molar-refractivity contribution < 1.29 is 9.59 Å². The number of thioether (sulfide) groups is 1. The number of amides is 2. The molecule has 158 valence electrons. The third-order valence-corrected chi connectivity index (χ3v) is 6.26. The van der Waals surface area contributed by atoms with E-state index in [0.717, 1.165) is 22.6 Å². The first-order valence-corrected chi connectivity index (χ1v) is 11.3. The highest BCUT2D eigenvalue weighted by Crippen LogP contribution is 2.29.